The van der Waals surface area contributed by atoms with Gasteiger partial charge in [0, 0.05) is 17.5 Å². The Hall–Kier alpha value is -3.25. The summed E-state index contributed by atoms with van der Waals surface area (Å²) in [4.78, 5) is 17.8. The number of benzene rings is 2. The zero-order valence-corrected chi connectivity index (χ0v) is 17.4. The molecule has 30 heavy (non-hydrogen) atoms. The summed E-state index contributed by atoms with van der Waals surface area (Å²) in [7, 11) is 0. The van der Waals surface area contributed by atoms with Gasteiger partial charge in [-0.15, -0.1) is 4.91 Å². The van der Waals surface area contributed by atoms with E-state index in [1.807, 2.05) is 74.5 Å². The lowest BCUT2D eigenvalue weighted by atomic mass is 10.1. The minimum atomic E-state index is -0.731. The molecule has 156 valence electrons. The van der Waals surface area contributed by atoms with E-state index in [1.165, 1.54) is 6.26 Å². The predicted molar refractivity (Wildman–Crippen MR) is 119 cm³/mol. The molecule has 1 heterocycles. The van der Waals surface area contributed by atoms with E-state index < -0.39 is 6.23 Å². The molecule has 0 spiro atoms. The monoisotopic (exact) mass is 405 g/mol. The molecule has 2 aromatic carbocycles. The van der Waals surface area contributed by atoms with E-state index in [-0.39, 0.29) is 0 Å². The molecule has 1 unspecified atom stereocenters. The van der Waals surface area contributed by atoms with E-state index in [2.05, 4.69) is 10.1 Å². The Morgan fingerprint density at radius 3 is 2.27 bits per heavy atom. The minimum absolute atomic E-state index is 0.448. The second kappa shape index (κ2) is 11.1. The van der Waals surface area contributed by atoms with Gasteiger partial charge in [-0.3, -0.25) is 4.90 Å². The van der Waals surface area contributed by atoms with Crippen molar-refractivity contribution in [2.75, 3.05) is 19.6 Å². The average molecular weight is 405 g/mol. The molecule has 6 heteroatoms. The number of ether oxygens (including phenoxy) is 1. The molecule has 3 aromatic rings. The Balaban J connectivity index is 1.73. The van der Waals surface area contributed by atoms with Crippen molar-refractivity contribution in [1.82, 2.24) is 9.88 Å². The third-order valence-electron chi connectivity index (χ3n) is 4.81. The van der Waals surface area contributed by atoms with E-state index in [0.29, 0.717) is 18.9 Å². The molecule has 1 aromatic heterocycles. The van der Waals surface area contributed by atoms with Crippen molar-refractivity contribution < 1.29 is 9.15 Å². The molecular formula is C24H27N3O3. The summed E-state index contributed by atoms with van der Waals surface area (Å²) < 4.78 is 11.6. The fourth-order valence-corrected chi connectivity index (χ4v) is 3.13. The Bertz CT molecular complexity index is 878. The number of oxazole rings is 1. The maximum absolute atomic E-state index is 11.0. The van der Waals surface area contributed by atoms with Crippen molar-refractivity contribution in [3.63, 3.8) is 0 Å². The van der Waals surface area contributed by atoms with Crippen LogP contribution in [0.25, 0.3) is 22.6 Å². The first-order valence-corrected chi connectivity index (χ1v) is 10.2. The summed E-state index contributed by atoms with van der Waals surface area (Å²) in [5.74, 6) is 1.31. The molecule has 0 amide bonds. The number of nitrogens with zero attached hydrogens (tertiary/aromatic N) is 3. The van der Waals surface area contributed by atoms with Gasteiger partial charge < -0.3 is 9.15 Å². The molecule has 1 atom stereocenters. The Morgan fingerprint density at radius 2 is 1.67 bits per heavy atom. The number of allylic oxidation sites excluding steroid dienone is 1. The maximum atomic E-state index is 11.0. The zero-order chi connectivity index (χ0) is 21.2. The number of aromatic nitrogens is 1. The van der Waals surface area contributed by atoms with Crippen LogP contribution in [0.4, 0.5) is 0 Å². The number of rotatable bonds is 11. The highest BCUT2D eigenvalue weighted by molar-refractivity contribution is 5.76. The van der Waals surface area contributed by atoms with Gasteiger partial charge in [0.1, 0.15) is 5.69 Å². The standard InChI is InChI=1S/C24H27N3O3/c1-3-27(4-2)18-22(26-28)29-17-11-16-21-25-23(19-12-7-5-8-13-19)24(30-21)20-14-9-6-10-15-20/h5-15,17,22H,3-4,16,18H2,1-2H3. The average Bonchev–Trinajstić information content (AvgIpc) is 3.24. The Kier molecular flexibility index (Phi) is 7.92. The molecule has 0 N–H and O–H groups in total. The van der Waals surface area contributed by atoms with Gasteiger partial charge in [0.05, 0.1) is 12.8 Å². The van der Waals surface area contributed by atoms with Gasteiger partial charge in [-0.25, -0.2) is 4.98 Å². The fourth-order valence-electron chi connectivity index (χ4n) is 3.13. The minimum Gasteiger partial charge on any atom is -0.472 e. The van der Waals surface area contributed by atoms with E-state index in [0.717, 1.165) is 35.7 Å². The van der Waals surface area contributed by atoms with E-state index >= 15 is 0 Å². The third kappa shape index (κ3) is 5.64. The van der Waals surface area contributed by atoms with Crippen LogP contribution in [0.2, 0.25) is 0 Å². The smallest absolute Gasteiger partial charge is 0.241 e. The van der Waals surface area contributed by atoms with Gasteiger partial charge >= 0.3 is 0 Å². The highest BCUT2D eigenvalue weighted by Crippen LogP contribution is 2.32. The third-order valence-corrected chi connectivity index (χ3v) is 4.81. The van der Waals surface area contributed by atoms with Crippen LogP contribution in [0.1, 0.15) is 19.7 Å². The lowest BCUT2D eigenvalue weighted by Gasteiger charge is -2.20. The van der Waals surface area contributed by atoms with Crippen LogP contribution in [0.5, 0.6) is 0 Å². The lowest BCUT2D eigenvalue weighted by Crippen LogP contribution is -2.31. The topological polar surface area (TPSA) is 67.9 Å². The van der Waals surface area contributed by atoms with Crippen LogP contribution in [0.3, 0.4) is 0 Å². The van der Waals surface area contributed by atoms with Gasteiger partial charge in [0.2, 0.25) is 6.23 Å². The van der Waals surface area contributed by atoms with Crippen molar-refractivity contribution in [1.29, 1.82) is 0 Å². The summed E-state index contributed by atoms with van der Waals surface area (Å²) in [5.41, 5.74) is 2.77. The second-order valence-corrected chi connectivity index (χ2v) is 6.78. The summed E-state index contributed by atoms with van der Waals surface area (Å²) >= 11 is 0. The van der Waals surface area contributed by atoms with Gasteiger partial charge in [0.15, 0.2) is 11.7 Å². The van der Waals surface area contributed by atoms with Crippen molar-refractivity contribution >= 4 is 0 Å². The number of likely N-dealkylation sites (N-methyl/N-ethyl adjacent to an activating group) is 1. The molecule has 0 radical (unpaired) electrons. The first kappa shape index (κ1) is 21.5. The van der Waals surface area contributed by atoms with E-state index in [9.17, 15) is 4.91 Å². The van der Waals surface area contributed by atoms with Crippen molar-refractivity contribution in [2.45, 2.75) is 26.5 Å². The first-order valence-electron chi connectivity index (χ1n) is 10.2. The molecule has 0 aliphatic carbocycles. The largest absolute Gasteiger partial charge is 0.472 e. The summed E-state index contributed by atoms with van der Waals surface area (Å²) in [5, 5.41) is 3.06. The van der Waals surface area contributed by atoms with Crippen LogP contribution in [0.15, 0.2) is 82.6 Å². The van der Waals surface area contributed by atoms with Crippen molar-refractivity contribution in [3.05, 3.63) is 83.8 Å². The van der Waals surface area contributed by atoms with Crippen LogP contribution in [0, 0.1) is 4.91 Å². The highest BCUT2D eigenvalue weighted by Gasteiger charge is 2.16. The predicted octanol–water partition coefficient (Wildman–Crippen LogP) is 5.52. The number of nitroso groups, excluding NO2 is 1. The number of hydrogen-bond donors (Lipinski definition) is 0. The molecular weight excluding hydrogens is 378 g/mol. The number of hydrogen-bond acceptors (Lipinski definition) is 6. The molecule has 3 rings (SSSR count). The maximum Gasteiger partial charge on any atom is 0.241 e. The van der Waals surface area contributed by atoms with Crippen LogP contribution >= 0.6 is 0 Å². The van der Waals surface area contributed by atoms with Gasteiger partial charge in [-0.1, -0.05) is 74.5 Å². The van der Waals surface area contributed by atoms with E-state index in [1.54, 1.807) is 6.08 Å². The first-order chi connectivity index (χ1) is 14.7. The van der Waals surface area contributed by atoms with Crippen LogP contribution < -0.4 is 0 Å². The normalized spacial score (nSPS) is 12.4. The van der Waals surface area contributed by atoms with Gasteiger partial charge in [-0.05, 0) is 24.3 Å². The summed E-state index contributed by atoms with van der Waals surface area (Å²) in [6.07, 6.45) is 3.01. The van der Waals surface area contributed by atoms with Crippen molar-refractivity contribution in [3.8, 4) is 22.6 Å². The van der Waals surface area contributed by atoms with Crippen LogP contribution in [-0.2, 0) is 11.2 Å². The Morgan fingerprint density at radius 1 is 1.03 bits per heavy atom. The molecule has 0 aliphatic rings. The van der Waals surface area contributed by atoms with Crippen LogP contribution in [-0.4, -0.2) is 35.7 Å². The molecule has 6 nitrogen and oxygen atoms in total. The Labute approximate surface area is 177 Å². The van der Waals surface area contributed by atoms with Gasteiger partial charge in [-0.2, -0.15) is 0 Å². The lowest BCUT2D eigenvalue weighted by molar-refractivity contribution is 0.103. The fraction of sp³-hybridized carbons (Fsp3) is 0.292. The zero-order valence-electron chi connectivity index (χ0n) is 17.4. The molecule has 0 saturated heterocycles. The summed E-state index contributed by atoms with van der Waals surface area (Å²) in [6, 6.07) is 19.9. The molecule has 0 aliphatic heterocycles. The van der Waals surface area contributed by atoms with Gasteiger partial charge in [0.25, 0.3) is 0 Å². The van der Waals surface area contributed by atoms with E-state index in [4.69, 9.17) is 14.1 Å². The highest BCUT2D eigenvalue weighted by atomic mass is 16.5. The molecule has 0 bridgehead atoms. The summed E-state index contributed by atoms with van der Waals surface area (Å²) in [6.45, 7) is 6.24. The SMILES string of the molecule is CCN(CC)CC(N=O)OC=CCc1nc(-c2ccccc2)c(-c2ccccc2)o1. The van der Waals surface area contributed by atoms with Crippen molar-refractivity contribution in [2.24, 2.45) is 5.18 Å². The quantitative estimate of drug-likeness (QED) is 0.310. The molecule has 0 fully saturated rings. The second-order valence-electron chi connectivity index (χ2n) is 6.78. The molecule has 0 saturated carbocycles.